The Bertz CT molecular complexity index is 615. The quantitative estimate of drug-likeness (QED) is 0.669. The molecular formula is C15H18N2O2S. The third kappa shape index (κ3) is 2.93. The van der Waals surface area contributed by atoms with Gasteiger partial charge in [-0.15, -0.1) is 11.3 Å². The highest BCUT2D eigenvalue weighted by Gasteiger charge is 2.14. The second-order valence-corrected chi connectivity index (χ2v) is 5.91. The topological polar surface area (TPSA) is 64.3 Å². The number of carbonyl (C=O) groups excluding carboxylic acids is 1. The van der Waals surface area contributed by atoms with E-state index in [1.165, 1.54) is 22.4 Å². The highest BCUT2D eigenvalue weighted by atomic mass is 32.1. The number of anilines is 2. The zero-order valence-electron chi connectivity index (χ0n) is 11.8. The maximum absolute atomic E-state index is 11.7. The molecule has 1 heterocycles. The van der Waals surface area contributed by atoms with Gasteiger partial charge in [0.05, 0.1) is 24.0 Å². The fourth-order valence-corrected chi connectivity index (χ4v) is 2.95. The molecule has 3 N–H and O–H groups in total. The Morgan fingerprint density at radius 3 is 2.75 bits per heavy atom. The molecule has 0 radical (unpaired) electrons. The minimum absolute atomic E-state index is 0.390. The van der Waals surface area contributed by atoms with Gasteiger partial charge in [0.1, 0.15) is 0 Å². The van der Waals surface area contributed by atoms with E-state index in [4.69, 9.17) is 10.5 Å². The Hall–Kier alpha value is -2.01. The number of hydrogen-bond acceptors (Lipinski definition) is 5. The summed E-state index contributed by atoms with van der Waals surface area (Å²) in [4.78, 5) is 14.3. The summed E-state index contributed by atoms with van der Waals surface area (Å²) in [6.07, 6.45) is 0. The number of nitrogen functional groups attached to an aromatic ring is 1. The second-order valence-electron chi connectivity index (χ2n) is 4.57. The molecule has 0 saturated carbocycles. The molecule has 2 aromatic rings. The standard InChI is InChI=1S/C15H18N2O2S/c1-9-7-11(20-10(9)2)8-17-14-12(15(18)19-3)5-4-6-13(14)16/h4-7,17H,8,16H2,1-3H3. The lowest BCUT2D eigenvalue weighted by Crippen LogP contribution is -2.10. The average molecular weight is 290 g/mol. The maximum atomic E-state index is 11.7. The van der Waals surface area contributed by atoms with Gasteiger partial charge in [-0.25, -0.2) is 4.79 Å². The van der Waals surface area contributed by atoms with Crippen LogP contribution in [0, 0.1) is 13.8 Å². The van der Waals surface area contributed by atoms with Gasteiger partial charge in [0.15, 0.2) is 0 Å². The minimum atomic E-state index is -0.390. The van der Waals surface area contributed by atoms with Crippen molar-refractivity contribution in [2.45, 2.75) is 20.4 Å². The number of methoxy groups -OCH3 is 1. The van der Waals surface area contributed by atoms with Crippen LogP contribution in [0.1, 0.15) is 25.7 Å². The predicted molar refractivity (Wildman–Crippen MR) is 83.3 cm³/mol. The van der Waals surface area contributed by atoms with Crippen LogP contribution in [0.25, 0.3) is 0 Å². The highest BCUT2D eigenvalue weighted by Crippen LogP contribution is 2.27. The third-order valence-electron chi connectivity index (χ3n) is 3.16. The number of aryl methyl sites for hydroxylation is 2. The lowest BCUT2D eigenvalue weighted by atomic mass is 10.1. The molecule has 0 atom stereocenters. The Balaban J connectivity index is 2.22. The van der Waals surface area contributed by atoms with Gasteiger partial charge in [0.25, 0.3) is 0 Å². The maximum Gasteiger partial charge on any atom is 0.340 e. The Kier molecular flexibility index (Phi) is 4.29. The van der Waals surface area contributed by atoms with Crippen molar-refractivity contribution in [1.29, 1.82) is 0 Å². The number of carbonyl (C=O) groups is 1. The van der Waals surface area contributed by atoms with E-state index in [1.54, 1.807) is 29.5 Å². The van der Waals surface area contributed by atoms with Gasteiger partial charge < -0.3 is 15.8 Å². The van der Waals surface area contributed by atoms with Crippen molar-refractivity contribution < 1.29 is 9.53 Å². The van der Waals surface area contributed by atoms with E-state index in [9.17, 15) is 4.79 Å². The van der Waals surface area contributed by atoms with Gasteiger partial charge in [-0.05, 0) is 37.6 Å². The summed E-state index contributed by atoms with van der Waals surface area (Å²) < 4.78 is 4.78. The van der Waals surface area contributed by atoms with E-state index in [2.05, 4.69) is 25.2 Å². The summed E-state index contributed by atoms with van der Waals surface area (Å²) in [5.74, 6) is -0.390. The summed E-state index contributed by atoms with van der Waals surface area (Å²) in [6, 6.07) is 7.35. The number of nitrogens with two attached hydrogens (primary N) is 1. The van der Waals surface area contributed by atoms with E-state index in [1.807, 2.05) is 0 Å². The van der Waals surface area contributed by atoms with E-state index in [0.29, 0.717) is 23.5 Å². The molecule has 0 aliphatic carbocycles. The second kappa shape index (κ2) is 5.96. The first-order chi connectivity index (χ1) is 9.52. The zero-order chi connectivity index (χ0) is 14.7. The third-order valence-corrected chi connectivity index (χ3v) is 4.31. The van der Waals surface area contributed by atoms with Crippen LogP contribution < -0.4 is 11.1 Å². The SMILES string of the molecule is COC(=O)c1cccc(N)c1NCc1cc(C)c(C)s1. The Labute approximate surface area is 122 Å². The van der Waals surface area contributed by atoms with Gasteiger partial charge in [0, 0.05) is 16.3 Å². The minimum Gasteiger partial charge on any atom is -0.465 e. The number of ether oxygens (including phenoxy) is 1. The van der Waals surface area contributed by atoms with E-state index >= 15 is 0 Å². The number of hydrogen-bond donors (Lipinski definition) is 2. The van der Waals surface area contributed by atoms with Crippen LogP contribution in [0.2, 0.25) is 0 Å². The van der Waals surface area contributed by atoms with Crippen LogP contribution >= 0.6 is 11.3 Å². The van der Waals surface area contributed by atoms with E-state index < -0.39 is 5.97 Å². The van der Waals surface area contributed by atoms with Crippen molar-refractivity contribution in [2.75, 3.05) is 18.2 Å². The van der Waals surface area contributed by atoms with Crippen molar-refractivity contribution in [3.05, 3.63) is 45.1 Å². The smallest absolute Gasteiger partial charge is 0.340 e. The van der Waals surface area contributed by atoms with Crippen molar-refractivity contribution in [3.63, 3.8) is 0 Å². The molecule has 20 heavy (non-hydrogen) atoms. The van der Waals surface area contributed by atoms with Crippen LogP contribution in [0.4, 0.5) is 11.4 Å². The van der Waals surface area contributed by atoms with Crippen molar-refractivity contribution in [2.24, 2.45) is 0 Å². The molecule has 1 aromatic carbocycles. The molecule has 0 spiro atoms. The summed E-state index contributed by atoms with van der Waals surface area (Å²) in [5, 5.41) is 3.24. The van der Waals surface area contributed by atoms with Crippen LogP contribution in [-0.4, -0.2) is 13.1 Å². The molecule has 0 bridgehead atoms. The number of benzene rings is 1. The molecule has 5 heteroatoms. The molecule has 0 fully saturated rings. The summed E-state index contributed by atoms with van der Waals surface area (Å²) in [6.45, 7) is 4.82. The molecule has 106 valence electrons. The van der Waals surface area contributed by atoms with Gasteiger partial charge in [-0.2, -0.15) is 0 Å². The first-order valence-corrected chi connectivity index (χ1v) is 7.11. The van der Waals surface area contributed by atoms with Gasteiger partial charge >= 0.3 is 5.97 Å². The normalized spacial score (nSPS) is 10.3. The molecule has 0 amide bonds. The Morgan fingerprint density at radius 2 is 2.15 bits per heavy atom. The molecule has 0 aliphatic heterocycles. The molecule has 0 saturated heterocycles. The molecular weight excluding hydrogens is 272 g/mol. The van der Waals surface area contributed by atoms with Crippen molar-refractivity contribution in [1.82, 2.24) is 0 Å². The average Bonchev–Trinajstić information content (AvgIpc) is 2.75. The molecule has 2 rings (SSSR count). The number of nitrogens with one attached hydrogen (secondary N) is 1. The predicted octanol–water partition coefficient (Wildman–Crippen LogP) is 3.35. The van der Waals surface area contributed by atoms with E-state index in [-0.39, 0.29) is 0 Å². The fourth-order valence-electron chi connectivity index (χ4n) is 1.96. The molecule has 1 aromatic heterocycles. The van der Waals surface area contributed by atoms with Gasteiger partial charge in [-0.1, -0.05) is 6.07 Å². The van der Waals surface area contributed by atoms with Crippen molar-refractivity contribution in [3.8, 4) is 0 Å². The number of esters is 1. The number of rotatable bonds is 4. The van der Waals surface area contributed by atoms with Crippen LogP contribution in [0.15, 0.2) is 24.3 Å². The monoisotopic (exact) mass is 290 g/mol. The molecule has 0 aliphatic rings. The van der Waals surface area contributed by atoms with E-state index in [0.717, 1.165) is 0 Å². The van der Waals surface area contributed by atoms with Crippen molar-refractivity contribution >= 4 is 28.7 Å². The highest BCUT2D eigenvalue weighted by molar-refractivity contribution is 7.12. The molecule has 0 unspecified atom stereocenters. The lowest BCUT2D eigenvalue weighted by Gasteiger charge is -2.12. The zero-order valence-corrected chi connectivity index (χ0v) is 12.6. The summed E-state index contributed by atoms with van der Waals surface area (Å²) in [7, 11) is 1.36. The van der Waals surface area contributed by atoms with Gasteiger partial charge in [0.2, 0.25) is 0 Å². The fraction of sp³-hybridized carbons (Fsp3) is 0.267. The van der Waals surface area contributed by atoms with Gasteiger partial charge in [-0.3, -0.25) is 0 Å². The summed E-state index contributed by atoms with van der Waals surface area (Å²) in [5.41, 5.74) is 8.85. The van der Waals surface area contributed by atoms with Crippen LogP contribution in [0.5, 0.6) is 0 Å². The largest absolute Gasteiger partial charge is 0.465 e. The number of para-hydroxylation sites is 1. The first-order valence-electron chi connectivity index (χ1n) is 6.29. The Morgan fingerprint density at radius 1 is 1.40 bits per heavy atom. The lowest BCUT2D eigenvalue weighted by molar-refractivity contribution is 0.0602. The van der Waals surface area contributed by atoms with Crippen LogP contribution in [0.3, 0.4) is 0 Å². The van der Waals surface area contributed by atoms with Crippen LogP contribution in [-0.2, 0) is 11.3 Å². The number of thiophene rings is 1. The summed E-state index contributed by atoms with van der Waals surface area (Å²) >= 11 is 1.74. The molecule has 4 nitrogen and oxygen atoms in total. The first kappa shape index (κ1) is 14.4.